The standard InChI is InChI=1S/C18H24ClN5O/c1-2-16-17(18(25)21-10-8-13-5-4-9-20-12-13)22-23-24(16)15-7-3-6-14(19)11-15/h3,6-7,11,13,20H,2,4-5,8-10,12H2,1H3,(H,21,25). The van der Waals surface area contributed by atoms with Crippen LogP contribution in [0.5, 0.6) is 0 Å². The van der Waals surface area contributed by atoms with Crippen LogP contribution in [0.3, 0.4) is 0 Å². The van der Waals surface area contributed by atoms with Crippen LogP contribution in [0.25, 0.3) is 5.69 Å². The van der Waals surface area contributed by atoms with E-state index < -0.39 is 0 Å². The van der Waals surface area contributed by atoms with Crippen LogP contribution in [0.2, 0.25) is 5.02 Å². The van der Waals surface area contributed by atoms with E-state index in [1.165, 1.54) is 12.8 Å². The molecule has 1 atom stereocenters. The summed E-state index contributed by atoms with van der Waals surface area (Å²) >= 11 is 6.06. The third kappa shape index (κ3) is 4.38. The maximum absolute atomic E-state index is 12.5. The quantitative estimate of drug-likeness (QED) is 0.829. The highest BCUT2D eigenvalue weighted by Gasteiger charge is 2.20. The molecule has 0 bridgehead atoms. The van der Waals surface area contributed by atoms with E-state index in [-0.39, 0.29) is 5.91 Å². The van der Waals surface area contributed by atoms with Crippen LogP contribution in [0.4, 0.5) is 0 Å². The third-order valence-electron chi connectivity index (χ3n) is 4.60. The molecule has 1 aliphatic heterocycles. The molecule has 1 aromatic heterocycles. The first-order valence-electron chi connectivity index (χ1n) is 8.88. The molecule has 0 saturated carbocycles. The molecule has 7 heteroatoms. The molecular weight excluding hydrogens is 338 g/mol. The number of carbonyl (C=O) groups is 1. The molecule has 2 aromatic rings. The van der Waals surface area contributed by atoms with E-state index in [2.05, 4.69) is 20.9 Å². The lowest BCUT2D eigenvalue weighted by molar-refractivity contribution is 0.0944. The maximum atomic E-state index is 12.5. The van der Waals surface area contributed by atoms with E-state index in [4.69, 9.17) is 11.6 Å². The van der Waals surface area contributed by atoms with Crippen LogP contribution in [-0.2, 0) is 6.42 Å². The van der Waals surface area contributed by atoms with Crippen LogP contribution in [0, 0.1) is 5.92 Å². The summed E-state index contributed by atoms with van der Waals surface area (Å²) in [6.07, 6.45) is 4.10. The molecule has 25 heavy (non-hydrogen) atoms. The number of nitrogens with zero attached hydrogens (tertiary/aromatic N) is 3. The minimum atomic E-state index is -0.158. The van der Waals surface area contributed by atoms with Gasteiger partial charge in [0.2, 0.25) is 0 Å². The fraction of sp³-hybridized carbons (Fsp3) is 0.500. The van der Waals surface area contributed by atoms with Crippen LogP contribution in [0.1, 0.15) is 42.4 Å². The number of rotatable bonds is 6. The molecule has 1 aliphatic rings. The van der Waals surface area contributed by atoms with Gasteiger partial charge in [0.1, 0.15) is 0 Å². The lowest BCUT2D eigenvalue weighted by atomic mass is 9.96. The Morgan fingerprint density at radius 2 is 2.36 bits per heavy atom. The van der Waals surface area contributed by atoms with Gasteiger partial charge < -0.3 is 10.6 Å². The molecule has 2 N–H and O–H groups in total. The smallest absolute Gasteiger partial charge is 0.273 e. The molecule has 6 nitrogen and oxygen atoms in total. The van der Waals surface area contributed by atoms with Crippen molar-refractivity contribution in [2.75, 3.05) is 19.6 Å². The van der Waals surface area contributed by atoms with E-state index in [9.17, 15) is 4.79 Å². The lowest BCUT2D eigenvalue weighted by Crippen LogP contribution is -2.33. The zero-order chi connectivity index (χ0) is 17.6. The first kappa shape index (κ1) is 17.9. The molecule has 1 amide bonds. The average Bonchev–Trinajstić information content (AvgIpc) is 3.06. The Kier molecular flexibility index (Phi) is 6.04. The second kappa shape index (κ2) is 8.45. The summed E-state index contributed by atoms with van der Waals surface area (Å²) in [6, 6.07) is 7.38. The van der Waals surface area contributed by atoms with Gasteiger partial charge in [0, 0.05) is 11.6 Å². The Labute approximate surface area is 152 Å². The largest absolute Gasteiger partial charge is 0.351 e. The van der Waals surface area contributed by atoms with Gasteiger partial charge in [0.05, 0.1) is 11.4 Å². The van der Waals surface area contributed by atoms with Crippen molar-refractivity contribution in [1.29, 1.82) is 0 Å². The van der Waals surface area contributed by atoms with Crippen molar-refractivity contribution in [1.82, 2.24) is 25.6 Å². The summed E-state index contributed by atoms with van der Waals surface area (Å²) in [5.74, 6) is 0.482. The molecule has 0 aliphatic carbocycles. The van der Waals surface area contributed by atoms with Crippen LogP contribution in [-0.4, -0.2) is 40.5 Å². The molecule has 1 unspecified atom stereocenters. The molecule has 2 heterocycles. The Morgan fingerprint density at radius 3 is 3.08 bits per heavy atom. The summed E-state index contributed by atoms with van der Waals surface area (Å²) < 4.78 is 1.69. The number of nitrogens with one attached hydrogen (secondary N) is 2. The summed E-state index contributed by atoms with van der Waals surface area (Å²) in [5.41, 5.74) is 1.99. The summed E-state index contributed by atoms with van der Waals surface area (Å²) in [6.45, 7) is 4.80. The second-order valence-corrected chi connectivity index (χ2v) is 6.82. The van der Waals surface area contributed by atoms with Gasteiger partial charge in [-0.1, -0.05) is 29.8 Å². The van der Waals surface area contributed by atoms with Gasteiger partial charge in [-0.05, 0) is 62.9 Å². The summed E-state index contributed by atoms with van der Waals surface area (Å²) in [7, 11) is 0. The molecule has 1 saturated heterocycles. The van der Waals surface area contributed by atoms with Crippen LogP contribution >= 0.6 is 11.6 Å². The predicted molar refractivity (Wildman–Crippen MR) is 98.3 cm³/mol. The van der Waals surface area contributed by atoms with Crippen molar-refractivity contribution in [3.05, 3.63) is 40.7 Å². The van der Waals surface area contributed by atoms with Gasteiger partial charge in [-0.15, -0.1) is 5.10 Å². The van der Waals surface area contributed by atoms with Crippen molar-refractivity contribution in [2.45, 2.75) is 32.6 Å². The fourth-order valence-electron chi connectivity index (χ4n) is 3.25. The van der Waals surface area contributed by atoms with Crippen molar-refractivity contribution < 1.29 is 4.79 Å². The van der Waals surface area contributed by atoms with E-state index in [1.54, 1.807) is 10.7 Å². The minimum absolute atomic E-state index is 0.158. The molecule has 0 spiro atoms. The number of aromatic nitrogens is 3. The number of carbonyl (C=O) groups excluding carboxylic acids is 1. The van der Waals surface area contributed by atoms with Gasteiger partial charge in [-0.3, -0.25) is 4.79 Å². The Bertz CT molecular complexity index is 724. The topological polar surface area (TPSA) is 71.8 Å². The number of amides is 1. The van der Waals surface area contributed by atoms with E-state index >= 15 is 0 Å². The van der Waals surface area contributed by atoms with Crippen molar-refractivity contribution in [3.8, 4) is 5.69 Å². The van der Waals surface area contributed by atoms with E-state index in [0.717, 1.165) is 30.9 Å². The third-order valence-corrected chi connectivity index (χ3v) is 4.84. The maximum Gasteiger partial charge on any atom is 0.273 e. The summed E-state index contributed by atoms with van der Waals surface area (Å²) in [4.78, 5) is 12.5. The fourth-order valence-corrected chi connectivity index (χ4v) is 3.44. The van der Waals surface area contributed by atoms with Gasteiger partial charge in [-0.25, -0.2) is 4.68 Å². The Hall–Kier alpha value is -1.92. The average molecular weight is 362 g/mol. The second-order valence-electron chi connectivity index (χ2n) is 6.39. The zero-order valence-corrected chi connectivity index (χ0v) is 15.2. The first-order valence-corrected chi connectivity index (χ1v) is 9.26. The van der Waals surface area contributed by atoms with Gasteiger partial charge >= 0.3 is 0 Å². The zero-order valence-electron chi connectivity index (χ0n) is 14.5. The molecule has 1 fully saturated rings. The van der Waals surface area contributed by atoms with E-state index in [0.29, 0.717) is 29.6 Å². The molecule has 3 rings (SSSR count). The van der Waals surface area contributed by atoms with Crippen molar-refractivity contribution >= 4 is 17.5 Å². The highest BCUT2D eigenvalue weighted by molar-refractivity contribution is 6.30. The minimum Gasteiger partial charge on any atom is -0.351 e. The normalized spacial score (nSPS) is 17.4. The number of hydrogen-bond acceptors (Lipinski definition) is 4. The van der Waals surface area contributed by atoms with Gasteiger partial charge in [0.25, 0.3) is 5.91 Å². The Morgan fingerprint density at radius 1 is 1.48 bits per heavy atom. The molecule has 134 valence electrons. The van der Waals surface area contributed by atoms with Gasteiger partial charge in [0.15, 0.2) is 5.69 Å². The highest BCUT2D eigenvalue weighted by Crippen LogP contribution is 2.18. The number of benzene rings is 1. The van der Waals surface area contributed by atoms with Gasteiger partial charge in [-0.2, -0.15) is 0 Å². The van der Waals surface area contributed by atoms with Crippen molar-refractivity contribution in [2.24, 2.45) is 5.92 Å². The molecule has 0 radical (unpaired) electrons. The monoisotopic (exact) mass is 361 g/mol. The summed E-state index contributed by atoms with van der Waals surface area (Å²) in [5, 5.41) is 15.3. The number of hydrogen-bond donors (Lipinski definition) is 2. The number of halogens is 1. The van der Waals surface area contributed by atoms with Crippen molar-refractivity contribution in [3.63, 3.8) is 0 Å². The SMILES string of the molecule is CCc1c(C(=O)NCCC2CCCNC2)nnn1-c1cccc(Cl)c1. The Balaban J connectivity index is 1.66. The van der Waals surface area contributed by atoms with E-state index in [1.807, 2.05) is 25.1 Å². The van der Waals surface area contributed by atoms with Crippen LogP contribution < -0.4 is 10.6 Å². The first-order chi connectivity index (χ1) is 12.2. The predicted octanol–water partition coefficient (Wildman–Crippen LogP) is 2.60. The van der Waals surface area contributed by atoms with Crippen LogP contribution in [0.15, 0.2) is 24.3 Å². The number of piperidine rings is 1. The molecule has 1 aromatic carbocycles. The highest BCUT2D eigenvalue weighted by atomic mass is 35.5. The molecular formula is C18H24ClN5O. The lowest BCUT2D eigenvalue weighted by Gasteiger charge is -2.22.